The number of halogens is 2. The first-order valence-corrected chi connectivity index (χ1v) is 7.01. The molecule has 118 valence electrons. The Kier molecular flexibility index (Phi) is 4.38. The largest absolute Gasteiger partial charge is 0.481 e. The number of aromatic nitrogens is 3. The molecule has 1 aromatic carbocycles. The lowest BCUT2D eigenvalue weighted by molar-refractivity contribution is 0.188. The Morgan fingerprint density at radius 1 is 1.22 bits per heavy atom. The lowest BCUT2D eigenvalue weighted by Gasteiger charge is -2.11. The number of rotatable bonds is 5. The van der Waals surface area contributed by atoms with Crippen LogP contribution in [0.3, 0.4) is 0 Å². The second-order valence-electron chi connectivity index (χ2n) is 4.55. The van der Waals surface area contributed by atoms with Gasteiger partial charge in [0.15, 0.2) is 11.9 Å². The van der Waals surface area contributed by atoms with E-state index in [1.54, 1.807) is 31.2 Å². The van der Waals surface area contributed by atoms with Crippen LogP contribution in [-0.2, 0) is 0 Å². The van der Waals surface area contributed by atoms with E-state index in [-0.39, 0.29) is 17.0 Å². The monoisotopic (exact) mass is 335 g/mol. The van der Waals surface area contributed by atoms with Gasteiger partial charge >= 0.3 is 0 Å². The van der Waals surface area contributed by atoms with Gasteiger partial charge in [0.2, 0.25) is 6.39 Å². The van der Waals surface area contributed by atoms with Crippen LogP contribution in [0.2, 0.25) is 5.02 Å². The van der Waals surface area contributed by atoms with E-state index in [9.17, 15) is 4.39 Å². The predicted octanol–water partition coefficient (Wildman–Crippen LogP) is 4.19. The van der Waals surface area contributed by atoms with Crippen molar-refractivity contribution in [3.8, 4) is 17.4 Å². The Balaban J connectivity index is 1.67. The summed E-state index contributed by atoms with van der Waals surface area (Å²) in [6.07, 6.45) is 2.16. The summed E-state index contributed by atoms with van der Waals surface area (Å²) in [5.74, 6) is 0.576. The molecule has 23 heavy (non-hydrogen) atoms. The minimum absolute atomic E-state index is 0.151. The second kappa shape index (κ2) is 6.62. The fraction of sp³-hybridized carbons (Fsp3) is 0.133. The van der Waals surface area contributed by atoms with Crippen LogP contribution in [0.5, 0.6) is 17.4 Å². The number of pyridine rings is 1. The number of hydrogen-bond acceptors (Lipinski definition) is 6. The van der Waals surface area contributed by atoms with Crippen molar-refractivity contribution in [1.29, 1.82) is 0 Å². The summed E-state index contributed by atoms with van der Waals surface area (Å²) in [6, 6.07) is 7.75. The van der Waals surface area contributed by atoms with Crippen LogP contribution in [0, 0.1) is 5.82 Å². The van der Waals surface area contributed by atoms with E-state index in [2.05, 4.69) is 15.2 Å². The van der Waals surface area contributed by atoms with Gasteiger partial charge in [0.25, 0.3) is 11.8 Å². The lowest BCUT2D eigenvalue weighted by Crippen LogP contribution is -2.03. The average Bonchev–Trinajstić information content (AvgIpc) is 3.06. The van der Waals surface area contributed by atoms with Crippen LogP contribution in [0.1, 0.15) is 18.9 Å². The molecule has 3 rings (SSSR count). The van der Waals surface area contributed by atoms with Gasteiger partial charge < -0.3 is 13.9 Å². The van der Waals surface area contributed by atoms with Crippen molar-refractivity contribution in [1.82, 2.24) is 15.2 Å². The molecule has 0 saturated heterocycles. The van der Waals surface area contributed by atoms with E-state index in [0.717, 1.165) is 6.07 Å². The SMILES string of the molecule is C[C@@H](Oc1ccc(Oc2ncc(Cl)cc2F)cc1)c1nnco1. The molecule has 0 amide bonds. The molecule has 0 saturated carbocycles. The Bertz CT molecular complexity index is 781. The molecule has 0 aliphatic rings. The zero-order valence-electron chi connectivity index (χ0n) is 11.9. The van der Waals surface area contributed by atoms with Gasteiger partial charge in [-0.05, 0) is 37.3 Å². The average molecular weight is 336 g/mol. The molecule has 0 fully saturated rings. The summed E-state index contributed by atoms with van der Waals surface area (Å²) in [5.41, 5.74) is 0. The van der Waals surface area contributed by atoms with Crippen molar-refractivity contribution in [3.05, 3.63) is 59.7 Å². The maximum absolute atomic E-state index is 13.6. The number of hydrogen-bond donors (Lipinski definition) is 0. The minimum atomic E-state index is -0.636. The molecule has 0 aliphatic carbocycles. The van der Waals surface area contributed by atoms with E-state index in [1.165, 1.54) is 12.6 Å². The van der Waals surface area contributed by atoms with E-state index in [4.69, 9.17) is 25.5 Å². The van der Waals surface area contributed by atoms with E-state index in [1.807, 2.05) is 0 Å². The number of nitrogens with zero attached hydrogens (tertiary/aromatic N) is 3. The molecule has 0 unspecified atom stereocenters. The standard InChI is InChI=1S/C15H11ClFN3O3/c1-9(14-20-19-8-21-14)22-11-2-4-12(5-3-11)23-15-13(17)6-10(16)7-18-15/h2-9H,1H3/t9-/m1/s1. The van der Waals surface area contributed by atoms with Crippen LogP contribution < -0.4 is 9.47 Å². The van der Waals surface area contributed by atoms with E-state index < -0.39 is 5.82 Å². The topological polar surface area (TPSA) is 70.3 Å². The molecule has 8 heteroatoms. The van der Waals surface area contributed by atoms with Gasteiger partial charge in [0.1, 0.15) is 11.5 Å². The molecule has 2 heterocycles. The molecular formula is C15H11ClFN3O3. The maximum Gasteiger partial charge on any atom is 0.256 e. The summed E-state index contributed by atoms with van der Waals surface area (Å²) < 4.78 is 29.7. The molecule has 0 N–H and O–H groups in total. The Labute approximate surface area is 135 Å². The van der Waals surface area contributed by atoms with Gasteiger partial charge in [0, 0.05) is 6.20 Å². The van der Waals surface area contributed by atoms with E-state index in [0.29, 0.717) is 17.4 Å². The molecule has 1 atom stereocenters. The summed E-state index contributed by atoms with van der Waals surface area (Å²) >= 11 is 5.64. The predicted molar refractivity (Wildman–Crippen MR) is 79.1 cm³/mol. The van der Waals surface area contributed by atoms with Crippen LogP contribution in [-0.4, -0.2) is 15.2 Å². The molecule has 0 spiro atoms. The fourth-order valence-electron chi connectivity index (χ4n) is 1.79. The highest BCUT2D eigenvalue weighted by atomic mass is 35.5. The number of ether oxygens (including phenoxy) is 2. The van der Waals surface area contributed by atoms with Crippen molar-refractivity contribution in [2.24, 2.45) is 0 Å². The molecular weight excluding hydrogens is 325 g/mol. The minimum Gasteiger partial charge on any atom is -0.481 e. The summed E-state index contributed by atoms with van der Waals surface area (Å²) in [5, 5.41) is 7.57. The maximum atomic E-state index is 13.6. The summed E-state index contributed by atoms with van der Waals surface area (Å²) in [6.45, 7) is 1.78. The van der Waals surface area contributed by atoms with Gasteiger partial charge in [-0.15, -0.1) is 10.2 Å². The van der Waals surface area contributed by atoms with E-state index >= 15 is 0 Å². The molecule has 0 radical (unpaired) electrons. The highest BCUT2D eigenvalue weighted by Gasteiger charge is 2.13. The second-order valence-corrected chi connectivity index (χ2v) is 4.99. The Hall–Kier alpha value is -2.67. The third-order valence-electron chi connectivity index (χ3n) is 2.85. The first-order chi connectivity index (χ1) is 11.1. The highest BCUT2D eigenvalue weighted by Crippen LogP contribution is 2.27. The van der Waals surface area contributed by atoms with Crippen molar-refractivity contribution in [2.45, 2.75) is 13.0 Å². The first kappa shape index (κ1) is 15.2. The van der Waals surface area contributed by atoms with Crippen LogP contribution in [0.15, 0.2) is 47.3 Å². The smallest absolute Gasteiger partial charge is 0.256 e. The zero-order valence-corrected chi connectivity index (χ0v) is 12.7. The molecule has 0 bridgehead atoms. The van der Waals surface area contributed by atoms with Crippen LogP contribution in [0.4, 0.5) is 4.39 Å². The molecule has 3 aromatic rings. The third-order valence-corrected chi connectivity index (χ3v) is 3.06. The van der Waals surface area contributed by atoms with Crippen LogP contribution >= 0.6 is 11.6 Å². The summed E-state index contributed by atoms with van der Waals surface area (Å²) in [7, 11) is 0. The van der Waals surface area contributed by atoms with Gasteiger partial charge in [-0.3, -0.25) is 0 Å². The van der Waals surface area contributed by atoms with Crippen molar-refractivity contribution >= 4 is 11.6 Å². The Morgan fingerprint density at radius 3 is 2.61 bits per heavy atom. The molecule has 0 aliphatic heterocycles. The third kappa shape index (κ3) is 3.75. The Morgan fingerprint density at radius 2 is 1.96 bits per heavy atom. The van der Waals surface area contributed by atoms with Crippen LogP contribution in [0.25, 0.3) is 0 Å². The van der Waals surface area contributed by atoms with Gasteiger partial charge in [-0.1, -0.05) is 11.6 Å². The van der Waals surface area contributed by atoms with Crippen molar-refractivity contribution < 1.29 is 18.3 Å². The number of benzene rings is 1. The van der Waals surface area contributed by atoms with Gasteiger partial charge in [-0.2, -0.15) is 0 Å². The van der Waals surface area contributed by atoms with Crippen molar-refractivity contribution in [3.63, 3.8) is 0 Å². The molecule has 2 aromatic heterocycles. The molecule has 6 nitrogen and oxygen atoms in total. The zero-order chi connectivity index (χ0) is 16.2. The fourth-order valence-corrected chi connectivity index (χ4v) is 1.93. The van der Waals surface area contributed by atoms with Gasteiger partial charge in [-0.25, -0.2) is 9.37 Å². The highest BCUT2D eigenvalue weighted by molar-refractivity contribution is 6.30. The summed E-state index contributed by atoms with van der Waals surface area (Å²) in [4.78, 5) is 3.79. The van der Waals surface area contributed by atoms with Gasteiger partial charge in [0.05, 0.1) is 5.02 Å². The normalized spacial score (nSPS) is 12.0. The quantitative estimate of drug-likeness (QED) is 0.696. The lowest BCUT2D eigenvalue weighted by atomic mass is 10.3. The van der Waals surface area contributed by atoms with Crippen molar-refractivity contribution in [2.75, 3.05) is 0 Å². The first-order valence-electron chi connectivity index (χ1n) is 6.63.